The van der Waals surface area contributed by atoms with Crippen molar-refractivity contribution in [3.8, 4) is 0 Å². The average molecular weight is 655 g/mol. The second kappa shape index (κ2) is 14.1. The Kier molecular flexibility index (Phi) is 10.1. The number of nitrogens with one attached hydrogen (secondary N) is 2. The minimum Gasteiger partial charge on any atom is -0.449 e. The molecule has 4 amide bonds. The molecule has 2 aromatic carbocycles. The molecule has 2 unspecified atom stereocenters. The highest BCUT2D eigenvalue weighted by Gasteiger charge is 2.43. The molecule has 2 aromatic rings. The van der Waals surface area contributed by atoms with Crippen molar-refractivity contribution in [1.82, 2.24) is 10.2 Å². The molecule has 47 heavy (non-hydrogen) atoms. The Balaban J connectivity index is 1.30. The number of morpholine rings is 2. The standard InChI is InChI=1S/C33H39FN4O9/c1-19(39)46-27(29(40)35-21-6-8-23-20(17-21)5-10-26(23)36-32(43)47-33(2,3)4)28-31(42)38(13-16-45-28)22-7-9-25(34)24(18-22)30(41)37-11-14-44-15-12-37/h6-9,17-18,26-28H,5,10-16H2,1-4H3,(H,35,40)(H,36,43)/t26-,27?,28?/m1/s1. The van der Waals surface area contributed by atoms with E-state index in [0.29, 0.717) is 44.8 Å². The van der Waals surface area contributed by atoms with Crippen LogP contribution in [-0.4, -0.2) is 91.9 Å². The van der Waals surface area contributed by atoms with Gasteiger partial charge >= 0.3 is 12.1 Å². The summed E-state index contributed by atoms with van der Waals surface area (Å²) in [5.41, 5.74) is 1.59. The zero-order chi connectivity index (χ0) is 33.9. The molecule has 2 aliphatic heterocycles. The van der Waals surface area contributed by atoms with E-state index in [2.05, 4.69) is 10.6 Å². The number of hydrogen-bond acceptors (Lipinski definition) is 9. The molecule has 13 nitrogen and oxygen atoms in total. The van der Waals surface area contributed by atoms with Crippen molar-refractivity contribution in [2.45, 2.75) is 64.4 Å². The van der Waals surface area contributed by atoms with Crippen LogP contribution in [0.15, 0.2) is 36.4 Å². The summed E-state index contributed by atoms with van der Waals surface area (Å²) in [6, 6.07) is 8.71. The topological polar surface area (TPSA) is 153 Å². The van der Waals surface area contributed by atoms with Crippen LogP contribution in [0.2, 0.25) is 0 Å². The van der Waals surface area contributed by atoms with Gasteiger partial charge in [-0.2, -0.15) is 0 Å². The predicted octanol–water partition coefficient (Wildman–Crippen LogP) is 3.11. The molecule has 2 N–H and O–H groups in total. The number of benzene rings is 2. The Morgan fingerprint density at radius 2 is 1.77 bits per heavy atom. The smallest absolute Gasteiger partial charge is 0.408 e. The van der Waals surface area contributed by atoms with Crippen molar-refractivity contribution >= 4 is 41.2 Å². The van der Waals surface area contributed by atoms with E-state index in [1.807, 2.05) is 0 Å². The summed E-state index contributed by atoms with van der Waals surface area (Å²) in [7, 11) is 0. The molecule has 2 fully saturated rings. The highest BCUT2D eigenvalue weighted by atomic mass is 19.1. The van der Waals surface area contributed by atoms with Crippen LogP contribution in [0.25, 0.3) is 0 Å². The molecule has 2 heterocycles. The van der Waals surface area contributed by atoms with Crippen molar-refractivity contribution in [2.24, 2.45) is 0 Å². The summed E-state index contributed by atoms with van der Waals surface area (Å²) < 4.78 is 36.4. The van der Waals surface area contributed by atoms with Crippen LogP contribution < -0.4 is 15.5 Å². The van der Waals surface area contributed by atoms with Gasteiger partial charge in [0.1, 0.15) is 11.4 Å². The molecule has 1 aliphatic carbocycles. The Morgan fingerprint density at radius 3 is 2.47 bits per heavy atom. The lowest BCUT2D eigenvalue weighted by molar-refractivity contribution is -0.167. The maximum atomic E-state index is 14.8. The third kappa shape index (κ3) is 8.06. The quantitative estimate of drug-likeness (QED) is 0.429. The largest absolute Gasteiger partial charge is 0.449 e. The van der Waals surface area contributed by atoms with E-state index in [-0.39, 0.29) is 30.4 Å². The molecule has 0 bridgehead atoms. The molecular weight excluding hydrogens is 615 g/mol. The van der Waals surface area contributed by atoms with E-state index < -0.39 is 53.4 Å². The maximum absolute atomic E-state index is 14.8. The normalized spacial score (nSPS) is 20.2. The third-order valence-electron chi connectivity index (χ3n) is 7.92. The molecule has 0 saturated carbocycles. The SMILES string of the molecule is CC(=O)OC(C(=O)Nc1ccc2c(c1)CC[C@H]2NC(=O)OC(C)(C)C)C1OCCN(c2ccc(F)c(C(=O)N3CCOCC3)c2)C1=O. The number of anilines is 2. The Morgan fingerprint density at radius 1 is 1.02 bits per heavy atom. The first-order valence-electron chi connectivity index (χ1n) is 15.5. The van der Waals surface area contributed by atoms with Crippen LogP contribution in [0.5, 0.6) is 0 Å². The van der Waals surface area contributed by atoms with Crippen molar-refractivity contribution in [1.29, 1.82) is 0 Å². The second-order valence-electron chi connectivity index (χ2n) is 12.5. The van der Waals surface area contributed by atoms with E-state index in [1.54, 1.807) is 39.0 Å². The number of carbonyl (C=O) groups excluding carboxylic acids is 5. The summed E-state index contributed by atoms with van der Waals surface area (Å²) >= 11 is 0. The van der Waals surface area contributed by atoms with E-state index in [9.17, 15) is 28.4 Å². The van der Waals surface area contributed by atoms with Crippen LogP contribution in [0.1, 0.15) is 61.6 Å². The molecular formula is C33H39FN4O9. The lowest BCUT2D eigenvalue weighted by Crippen LogP contribution is -2.56. The zero-order valence-electron chi connectivity index (χ0n) is 26.8. The van der Waals surface area contributed by atoms with E-state index >= 15 is 0 Å². The lowest BCUT2D eigenvalue weighted by atomic mass is 10.1. The van der Waals surface area contributed by atoms with Crippen molar-refractivity contribution < 1.29 is 47.3 Å². The first-order chi connectivity index (χ1) is 22.3. The third-order valence-corrected chi connectivity index (χ3v) is 7.92. The minimum atomic E-state index is -1.65. The molecule has 2 saturated heterocycles. The van der Waals surface area contributed by atoms with E-state index in [1.165, 1.54) is 21.9 Å². The van der Waals surface area contributed by atoms with Gasteiger partial charge < -0.3 is 39.4 Å². The average Bonchev–Trinajstić information content (AvgIpc) is 3.41. The van der Waals surface area contributed by atoms with Crippen molar-refractivity contribution in [2.75, 3.05) is 49.7 Å². The Labute approximate surface area is 271 Å². The second-order valence-corrected chi connectivity index (χ2v) is 12.5. The fourth-order valence-corrected chi connectivity index (χ4v) is 5.80. The number of carbonyl (C=O) groups is 5. The highest BCUT2D eigenvalue weighted by Crippen LogP contribution is 2.33. The number of alkyl carbamates (subject to hydrolysis) is 1. The number of amides is 4. The maximum Gasteiger partial charge on any atom is 0.408 e. The van der Waals surface area contributed by atoms with Gasteiger partial charge in [-0.1, -0.05) is 6.07 Å². The van der Waals surface area contributed by atoms with Crippen LogP contribution >= 0.6 is 0 Å². The molecule has 252 valence electrons. The monoisotopic (exact) mass is 654 g/mol. The minimum absolute atomic E-state index is 0.0174. The number of hydrogen-bond donors (Lipinski definition) is 2. The molecule has 5 rings (SSSR count). The van der Waals surface area contributed by atoms with E-state index in [0.717, 1.165) is 24.1 Å². The Hall–Kier alpha value is -4.56. The van der Waals surface area contributed by atoms with Crippen molar-refractivity contribution in [3.05, 3.63) is 58.9 Å². The number of aryl methyl sites for hydroxylation is 1. The number of halogens is 1. The lowest BCUT2D eigenvalue weighted by Gasteiger charge is -2.35. The summed E-state index contributed by atoms with van der Waals surface area (Å²) in [4.78, 5) is 67.4. The fourth-order valence-electron chi connectivity index (χ4n) is 5.80. The highest BCUT2D eigenvalue weighted by molar-refractivity contribution is 6.05. The van der Waals surface area contributed by atoms with Gasteiger partial charge in [0.05, 0.1) is 31.4 Å². The molecule has 14 heteroatoms. The number of esters is 1. The number of nitrogens with zero attached hydrogens (tertiary/aromatic N) is 2. The van der Waals surface area contributed by atoms with Crippen LogP contribution in [0, 0.1) is 5.82 Å². The van der Waals surface area contributed by atoms with Gasteiger partial charge in [0.25, 0.3) is 17.7 Å². The Bertz CT molecular complexity index is 1550. The summed E-state index contributed by atoms with van der Waals surface area (Å²) in [5, 5.41) is 5.59. The van der Waals surface area contributed by atoms with Gasteiger partial charge in [-0.15, -0.1) is 0 Å². The molecule has 3 atom stereocenters. The molecule has 0 aromatic heterocycles. The molecule has 3 aliphatic rings. The van der Waals surface area contributed by atoms with Gasteiger partial charge in [-0.05, 0) is 75.1 Å². The molecule has 0 spiro atoms. The van der Waals surface area contributed by atoms with Gasteiger partial charge in [0.2, 0.25) is 6.10 Å². The fraction of sp³-hybridized carbons (Fsp3) is 0.485. The van der Waals surface area contributed by atoms with Crippen LogP contribution in [-0.2, 0) is 39.8 Å². The van der Waals surface area contributed by atoms with Crippen LogP contribution in [0.3, 0.4) is 0 Å². The van der Waals surface area contributed by atoms with Gasteiger partial charge in [-0.3, -0.25) is 19.2 Å². The van der Waals surface area contributed by atoms with Gasteiger partial charge in [-0.25, -0.2) is 9.18 Å². The number of fused-ring (bicyclic) bond motifs is 1. The van der Waals surface area contributed by atoms with Gasteiger partial charge in [0.15, 0.2) is 6.10 Å². The zero-order valence-corrected chi connectivity index (χ0v) is 26.8. The first-order valence-corrected chi connectivity index (χ1v) is 15.5. The first kappa shape index (κ1) is 33.8. The van der Waals surface area contributed by atoms with Crippen molar-refractivity contribution in [3.63, 3.8) is 0 Å². The molecule has 0 radical (unpaired) electrons. The number of rotatable bonds is 7. The van der Waals surface area contributed by atoms with Gasteiger partial charge in [0, 0.05) is 37.9 Å². The summed E-state index contributed by atoms with van der Waals surface area (Å²) in [6.07, 6.45) is -2.39. The van der Waals surface area contributed by atoms with Crippen LogP contribution in [0.4, 0.5) is 20.6 Å². The summed E-state index contributed by atoms with van der Waals surface area (Å²) in [6.45, 7) is 7.81. The predicted molar refractivity (Wildman–Crippen MR) is 166 cm³/mol. The summed E-state index contributed by atoms with van der Waals surface area (Å²) in [5.74, 6) is -3.55. The van der Waals surface area contributed by atoms with E-state index in [4.69, 9.17) is 18.9 Å². The number of ether oxygens (including phenoxy) is 4.